The molecule has 0 atom stereocenters. The van der Waals surface area contributed by atoms with E-state index in [1.165, 1.54) is 12.1 Å². The van der Waals surface area contributed by atoms with E-state index in [-0.39, 0.29) is 9.92 Å². The monoisotopic (exact) mass is 338 g/mol. The molecular formula is C13H20Cl2N2O2S. The van der Waals surface area contributed by atoms with Gasteiger partial charge in [0, 0.05) is 11.6 Å². The van der Waals surface area contributed by atoms with Gasteiger partial charge in [0.1, 0.15) is 4.90 Å². The summed E-state index contributed by atoms with van der Waals surface area (Å²) >= 11 is 11.7. The lowest BCUT2D eigenvalue weighted by Gasteiger charge is -2.17. The minimum absolute atomic E-state index is 0.0227. The summed E-state index contributed by atoms with van der Waals surface area (Å²) in [6.07, 6.45) is 0.749. The lowest BCUT2D eigenvalue weighted by Crippen LogP contribution is -2.30. The zero-order valence-electron chi connectivity index (χ0n) is 11.7. The highest BCUT2D eigenvalue weighted by Gasteiger charge is 2.17. The highest BCUT2D eigenvalue weighted by molar-refractivity contribution is 7.89. The summed E-state index contributed by atoms with van der Waals surface area (Å²) in [6, 6.07) is 4.40. The van der Waals surface area contributed by atoms with E-state index >= 15 is 0 Å². The van der Waals surface area contributed by atoms with Crippen molar-refractivity contribution in [3.8, 4) is 0 Å². The van der Waals surface area contributed by atoms with Crippen LogP contribution in [-0.4, -0.2) is 39.5 Å². The highest BCUT2D eigenvalue weighted by Crippen LogP contribution is 2.24. The van der Waals surface area contributed by atoms with Crippen LogP contribution in [0.5, 0.6) is 0 Å². The minimum Gasteiger partial charge on any atom is -0.304 e. The lowest BCUT2D eigenvalue weighted by molar-refractivity contribution is 0.300. The molecule has 0 saturated heterocycles. The summed E-state index contributed by atoms with van der Waals surface area (Å²) < 4.78 is 26.8. The van der Waals surface area contributed by atoms with Crippen molar-refractivity contribution in [3.05, 3.63) is 28.2 Å². The minimum atomic E-state index is -3.61. The molecule has 1 aromatic carbocycles. The van der Waals surface area contributed by atoms with Crippen molar-refractivity contribution >= 4 is 33.2 Å². The molecule has 1 aromatic rings. The molecule has 0 unspecified atom stereocenters. The maximum absolute atomic E-state index is 12.1. The highest BCUT2D eigenvalue weighted by atomic mass is 35.5. The fourth-order valence-electron chi connectivity index (χ4n) is 1.81. The fourth-order valence-corrected chi connectivity index (χ4v) is 3.64. The third-order valence-electron chi connectivity index (χ3n) is 3.02. The van der Waals surface area contributed by atoms with E-state index in [0.29, 0.717) is 11.6 Å². The second kappa shape index (κ2) is 8.20. The summed E-state index contributed by atoms with van der Waals surface area (Å²) in [4.78, 5) is 2.26. The number of nitrogens with one attached hydrogen (secondary N) is 1. The Morgan fingerprint density at radius 1 is 1.20 bits per heavy atom. The Balaban J connectivity index is 2.60. The maximum atomic E-state index is 12.1. The van der Waals surface area contributed by atoms with Crippen LogP contribution in [0.4, 0.5) is 0 Å². The van der Waals surface area contributed by atoms with Crippen molar-refractivity contribution in [2.75, 3.05) is 26.2 Å². The molecule has 0 radical (unpaired) electrons. The third-order valence-corrected chi connectivity index (χ3v) is 5.20. The van der Waals surface area contributed by atoms with Gasteiger partial charge in [-0.05, 0) is 44.3 Å². The molecule has 0 spiro atoms. The first-order valence-corrected chi connectivity index (χ1v) is 8.81. The van der Waals surface area contributed by atoms with Gasteiger partial charge in [-0.2, -0.15) is 0 Å². The Hall–Kier alpha value is -0.330. The second-order valence-corrected chi connectivity index (χ2v) is 6.93. The van der Waals surface area contributed by atoms with Gasteiger partial charge < -0.3 is 4.90 Å². The van der Waals surface area contributed by atoms with Crippen LogP contribution in [-0.2, 0) is 10.0 Å². The summed E-state index contributed by atoms with van der Waals surface area (Å²) in [5.41, 5.74) is 0. The number of halogens is 2. The van der Waals surface area contributed by atoms with Crippen LogP contribution < -0.4 is 4.72 Å². The number of rotatable bonds is 8. The van der Waals surface area contributed by atoms with Crippen LogP contribution in [0.25, 0.3) is 0 Å². The molecule has 0 aliphatic rings. The van der Waals surface area contributed by atoms with E-state index in [0.717, 1.165) is 26.1 Å². The Morgan fingerprint density at radius 3 is 2.45 bits per heavy atom. The third kappa shape index (κ3) is 5.22. The topological polar surface area (TPSA) is 49.4 Å². The van der Waals surface area contributed by atoms with Gasteiger partial charge in [-0.25, -0.2) is 13.1 Å². The van der Waals surface area contributed by atoms with Gasteiger partial charge in [0.25, 0.3) is 0 Å². The van der Waals surface area contributed by atoms with Crippen LogP contribution in [0.2, 0.25) is 10.0 Å². The first-order valence-electron chi connectivity index (χ1n) is 6.57. The first kappa shape index (κ1) is 17.7. The van der Waals surface area contributed by atoms with Gasteiger partial charge in [-0.3, -0.25) is 0 Å². The quantitative estimate of drug-likeness (QED) is 0.741. The van der Waals surface area contributed by atoms with Crippen LogP contribution in [0.1, 0.15) is 20.3 Å². The number of benzene rings is 1. The molecule has 1 N–H and O–H groups in total. The predicted octanol–water partition coefficient (Wildman–Crippen LogP) is 3.00. The van der Waals surface area contributed by atoms with Gasteiger partial charge >= 0.3 is 0 Å². The molecule has 1 rings (SSSR count). The van der Waals surface area contributed by atoms with E-state index in [4.69, 9.17) is 23.2 Å². The SMILES string of the molecule is CCN(CC)CCCNS(=O)(=O)c1cc(Cl)ccc1Cl. The van der Waals surface area contributed by atoms with Gasteiger partial charge in [-0.15, -0.1) is 0 Å². The number of nitrogens with zero attached hydrogens (tertiary/aromatic N) is 1. The standard InChI is InChI=1S/C13H20Cl2N2O2S/c1-3-17(4-2)9-5-8-16-20(18,19)13-10-11(14)6-7-12(13)15/h6-7,10,16H,3-5,8-9H2,1-2H3. The van der Waals surface area contributed by atoms with Crippen molar-refractivity contribution < 1.29 is 8.42 Å². The molecule has 0 amide bonds. The zero-order chi connectivity index (χ0) is 15.2. The Kier molecular flexibility index (Phi) is 7.26. The zero-order valence-corrected chi connectivity index (χ0v) is 14.0. The molecule has 114 valence electrons. The van der Waals surface area contributed by atoms with Crippen LogP contribution in [0, 0.1) is 0 Å². The molecule has 0 saturated carbocycles. The van der Waals surface area contributed by atoms with E-state index in [9.17, 15) is 8.42 Å². The maximum Gasteiger partial charge on any atom is 0.242 e. The molecule has 4 nitrogen and oxygen atoms in total. The molecule has 0 aromatic heterocycles. The predicted molar refractivity (Wildman–Crippen MR) is 84.1 cm³/mol. The van der Waals surface area contributed by atoms with Crippen molar-refractivity contribution in [2.24, 2.45) is 0 Å². The summed E-state index contributed by atoms with van der Waals surface area (Å²) in [7, 11) is -3.61. The summed E-state index contributed by atoms with van der Waals surface area (Å²) in [5.74, 6) is 0. The van der Waals surface area contributed by atoms with Crippen molar-refractivity contribution in [2.45, 2.75) is 25.2 Å². The average Bonchev–Trinajstić information content (AvgIpc) is 2.41. The molecule has 0 aliphatic heterocycles. The van der Waals surface area contributed by atoms with E-state index < -0.39 is 10.0 Å². The average molecular weight is 339 g/mol. The number of hydrogen-bond acceptors (Lipinski definition) is 3. The van der Waals surface area contributed by atoms with Crippen LogP contribution in [0.3, 0.4) is 0 Å². The van der Waals surface area contributed by atoms with Gasteiger partial charge in [-0.1, -0.05) is 37.0 Å². The van der Waals surface area contributed by atoms with Crippen LogP contribution >= 0.6 is 23.2 Å². The first-order chi connectivity index (χ1) is 9.40. The molecule has 0 fully saturated rings. The second-order valence-electron chi connectivity index (χ2n) is 4.35. The summed E-state index contributed by atoms with van der Waals surface area (Å²) in [6.45, 7) is 7.33. The van der Waals surface area contributed by atoms with Crippen molar-refractivity contribution in [1.82, 2.24) is 9.62 Å². The molecule has 7 heteroatoms. The number of sulfonamides is 1. The van der Waals surface area contributed by atoms with Gasteiger partial charge in [0.15, 0.2) is 0 Å². The molecule has 0 aliphatic carbocycles. The molecular weight excluding hydrogens is 319 g/mol. The van der Waals surface area contributed by atoms with Crippen LogP contribution in [0.15, 0.2) is 23.1 Å². The fraction of sp³-hybridized carbons (Fsp3) is 0.538. The van der Waals surface area contributed by atoms with E-state index in [1.54, 1.807) is 6.07 Å². The lowest BCUT2D eigenvalue weighted by atomic mass is 10.4. The van der Waals surface area contributed by atoms with E-state index in [2.05, 4.69) is 23.5 Å². The molecule has 0 bridgehead atoms. The Labute approximate surface area is 131 Å². The smallest absolute Gasteiger partial charge is 0.242 e. The Bertz CT molecular complexity index is 531. The van der Waals surface area contributed by atoms with Gasteiger partial charge in [0.2, 0.25) is 10.0 Å². The Morgan fingerprint density at radius 2 is 1.85 bits per heavy atom. The number of hydrogen-bond donors (Lipinski definition) is 1. The van der Waals surface area contributed by atoms with E-state index in [1.807, 2.05) is 0 Å². The summed E-state index contributed by atoms with van der Waals surface area (Å²) in [5, 5.41) is 0.517. The molecule has 0 heterocycles. The normalized spacial score (nSPS) is 12.1. The largest absolute Gasteiger partial charge is 0.304 e. The molecule has 20 heavy (non-hydrogen) atoms. The van der Waals surface area contributed by atoms with Crippen molar-refractivity contribution in [3.63, 3.8) is 0 Å². The van der Waals surface area contributed by atoms with Gasteiger partial charge in [0.05, 0.1) is 5.02 Å². The van der Waals surface area contributed by atoms with Crippen molar-refractivity contribution in [1.29, 1.82) is 0 Å².